The third kappa shape index (κ3) is 2.52. The van der Waals surface area contributed by atoms with E-state index in [4.69, 9.17) is 9.47 Å². The Hall–Kier alpha value is -2.10. The van der Waals surface area contributed by atoms with Crippen LogP contribution in [-0.2, 0) is 4.79 Å². The molecule has 4 heteroatoms. The molecule has 0 atom stereocenters. The van der Waals surface area contributed by atoms with Gasteiger partial charge in [-0.15, -0.1) is 0 Å². The van der Waals surface area contributed by atoms with Crippen LogP contribution in [0.4, 0.5) is 0 Å². The molecule has 100 valence electrons. The summed E-state index contributed by atoms with van der Waals surface area (Å²) in [6.07, 6.45) is 0. The summed E-state index contributed by atoms with van der Waals surface area (Å²) in [5.41, 5.74) is 1.32. The Kier molecular flexibility index (Phi) is 3.42. The summed E-state index contributed by atoms with van der Waals surface area (Å²) in [7, 11) is 0. The number of hydrogen-bond donors (Lipinski definition) is 0. The standard InChI is InChI=1S/C15H16O4/c1-8(2)14-13(16)11-6-5-10(7-12(11)19-14)18-15(17)9(3)4/h5-7,9H,1-4H3. The molecule has 1 aromatic rings. The van der Waals surface area contributed by atoms with Crippen molar-refractivity contribution in [2.24, 2.45) is 5.92 Å². The summed E-state index contributed by atoms with van der Waals surface area (Å²) in [5.74, 6) is 0.533. The van der Waals surface area contributed by atoms with Gasteiger partial charge in [-0.2, -0.15) is 0 Å². The van der Waals surface area contributed by atoms with Crippen LogP contribution in [0.2, 0.25) is 0 Å². The summed E-state index contributed by atoms with van der Waals surface area (Å²) in [4.78, 5) is 23.5. The third-order valence-corrected chi connectivity index (χ3v) is 2.76. The molecular weight excluding hydrogens is 244 g/mol. The smallest absolute Gasteiger partial charge is 0.313 e. The molecule has 19 heavy (non-hydrogen) atoms. The van der Waals surface area contributed by atoms with Crippen LogP contribution in [0.15, 0.2) is 29.5 Å². The molecule has 1 aliphatic rings. The van der Waals surface area contributed by atoms with Gasteiger partial charge in [-0.25, -0.2) is 0 Å². The van der Waals surface area contributed by atoms with E-state index in [1.165, 1.54) is 0 Å². The van der Waals surface area contributed by atoms with Crippen LogP contribution in [0.3, 0.4) is 0 Å². The van der Waals surface area contributed by atoms with Gasteiger partial charge in [0, 0.05) is 6.07 Å². The van der Waals surface area contributed by atoms with Crippen LogP contribution in [0, 0.1) is 5.92 Å². The Morgan fingerprint density at radius 1 is 1.26 bits per heavy atom. The fourth-order valence-corrected chi connectivity index (χ4v) is 1.68. The molecule has 0 aromatic heterocycles. The zero-order valence-electron chi connectivity index (χ0n) is 11.4. The monoisotopic (exact) mass is 260 g/mol. The Balaban J connectivity index is 2.29. The zero-order valence-corrected chi connectivity index (χ0v) is 11.4. The van der Waals surface area contributed by atoms with Gasteiger partial charge < -0.3 is 9.47 Å². The molecule has 0 N–H and O–H groups in total. The molecule has 0 saturated heterocycles. The van der Waals surface area contributed by atoms with Gasteiger partial charge in [-0.1, -0.05) is 13.8 Å². The Labute approximate surface area is 112 Å². The van der Waals surface area contributed by atoms with E-state index in [1.54, 1.807) is 32.0 Å². The van der Waals surface area contributed by atoms with Gasteiger partial charge in [-0.3, -0.25) is 9.59 Å². The predicted octanol–water partition coefficient (Wildman–Crippen LogP) is 3.12. The Morgan fingerprint density at radius 3 is 2.53 bits per heavy atom. The summed E-state index contributed by atoms with van der Waals surface area (Å²) in [5, 5.41) is 0. The van der Waals surface area contributed by atoms with E-state index in [9.17, 15) is 9.59 Å². The average Bonchev–Trinajstić information content (AvgIpc) is 2.66. The molecule has 0 amide bonds. The van der Waals surface area contributed by atoms with Crippen molar-refractivity contribution in [2.75, 3.05) is 0 Å². The van der Waals surface area contributed by atoms with E-state index >= 15 is 0 Å². The molecule has 0 unspecified atom stereocenters. The maximum absolute atomic E-state index is 12.0. The van der Waals surface area contributed by atoms with Crippen molar-refractivity contribution >= 4 is 11.8 Å². The number of fused-ring (bicyclic) bond motifs is 1. The second kappa shape index (κ2) is 4.88. The molecule has 1 heterocycles. The lowest BCUT2D eigenvalue weighted by Crippen LogP contribution is -2.14. The zero-order chi connectivity index (χ0) is 14.2. The topological polar surface area (TPSA) is 52.6 Å². The third-order valence-electron chi connectivity index (χ3n) is 2.76. The molecule has 0 aliphatic carbocycles. The van der Waals surface area contributed by atoms with Crippen LogP contribution < -0.4 is 9.47 Å². The number of ketones is 1. The summed E-state index contributed by atoms with van der Waals surface area (Å²) >= 11 is 0. The first-order chi connectivity index (χ1) is 8.90. The molecule has 0 spiro atoms. The SMILES string of the molecule is CC(C)=C1Oc2cc(OC(=O)C(C)C)ccc2C1=O. The van der Waals surface area contributed by atoms with Crippen molar-refractivity contribution in [3.8, 4) is 11.5 Å². The minimum absolute atomic E-state index is 0.128. The fourth-order valence-electron chi connectivity index (χ4n) is 1.68. The lowest BCUT2D eigenvalue weighted by Gasteiger charge is -2.07. The van der Waals surface area contributed by atoms with Gasteiger partial charge in [0.1, 0.15) is 11.5 Å². The highest BCUT2D eigenvalue weighted by atomic mass is 16.5. The number of hydrogen-bond acceptors (Lipinski definition) is 4. The molecular formula is C15H16O4. The quantitative estimate of drug-likeness (QED) is 0.466. The first-order valence-corrected chi connectivity index (χ1v) is 6.16. The molecule has 4 nitrogen and oxygen atoms in total. The molecule has 1 aromatic carbocycles. The fraction of sp³-hybridized carbons (Fsp3) is 0.333. The van der Waals surface area contributed by atoms with E-state index < -0.39 is 0 Å². The highest BCUT2D eigenvalue weighted by Crippen LogP contribution is 2.35. The largest absolute Gasteiger partial charge is 0.452 e. The molecule has 0 fully saturated rings. The van der Waals surface area contributed by atoms with Gasteiger partial charge in [-0.05, 0) is 31.6 Å². The molecule has 0 saturated carbocycles. The maximum atomic E-state index is 12.0. The van der Waals surface area contributed by atoms with Crippen LogP contribution in [0.1, 0.15) is 38.1 Å². The second-order valence-electron chi connectivity index (χ2n) is 4.99. The van der Waals surface area contributed by atoms with Gasteiger partial charge in [0.25, 0.3) is 0 Å². The van der Waals surface area contributed by atoms with E-state index in [1.807, 2.05) is 13.8 Å². The van der Waals surface area contributed by atoms with Gasteiger partial charge in [0.15, 0.2) is 5.76 Å². The number of carbonyl (C=O) groups excluding carboxylic acids is 2. The minimum atomic E-state index is -0.313. The Morgan fingerprint density at radius 2 is 1.95 bits per heavy atom. The highest BCUT2D eigenvalue weighted by molar-refractivity contribution is 6.12. The Bertz CT molecular complexity index is 578. The maximum Gasteiger partial charge on any atom is 0.313 e. The summed E-state index contributed by atoms with van der Waals surface area (Å²) in [6, 6.07) is 4.80. The highest BCUT2D eigenvalue weighted by Gasteiger charge is 2.28. The number of carbonyl (C=O) groups is 2. The number of rotatable bonds is 2. The lowest BCUT2D eigenvalue weighted by atomic mass is 10.1. The van der Waals surface area contributed by atoms with Crippen molar-refractivity contribution < 1.29 is 19.1 Å². The van der Waals surface area contributed by atoms with Crippen molar-refractivity contribution in [1.29, 1.82) is 0 Å². The molecule has 2 rings (SSSR count). The first-order valence-electron chi connectivity index (χ1n) is 6.16. The van der Waals surface area contributed by atoms with Crippen molar-refractivity contribution in [1.82, 2.24) is 0 Å². The summed E-state index contributed by atoms with van der Waals surface area (Å²) < 4.78 is 10.7. The summed E-state index contributed by atoms with van der Waals surface area (Å²) in [6.45, 7) is 7.16. The molecule has 1 aliphatic heterocycles. The van der Waals surface area contributed by atoms with Crippen LogP contribution in [0.5, 0.6) is 11.5 Å². The number of ether oxygens (including phenoxy) is 2. The van der Waals surface area contributed by atoms with E-state index in [0.717, 1.165) is 5.57 Å². The second-order valence-corrected chi connectivity index (χ2v) is 4.99. The minimum Gasteiger partial charge on any atom is -0.452 e. The van der Waals surface area contributed by atoms with Crippen molar-refractivity contribution in [3.63, 3.8) is 0 Å². The molecule has 0 bridgehead atoms. The van der Waals surface area contributed by atoms with E-state index in [-0.39, 0.29) is 17.7 Å². The van der Waals surface area contributed by atoms with Gasteiger partial charge >= 0.3 is 5.97 Å². The normalized spacial score (nSPS) is 13.3. The van der Waals surface area contributed by atoms with E-state index in [2.05, 4.69) is 0 Å². The van der Waals surface area contributed by atoms with Crippen LogP contribution >= 0.6 is 0 Å². The number of esters is 1. The number of benzene rings is 1. The predicted molar refractivity (Wildman–Crippen MR) is 70.2 cm³/mol. The number of Topliss-reactive ketones (excluding diaryl/α,β-unsaturated/α-hetero) is 1. The first kappa shape index (κ1) is 13.3. The van der Waals surface area contributed by atoms with Gasteiger partial charge in [0.2, 0.25) is 5.78 Å². The van der Waals surface area contributed by atoms with Crippen LogP contribution in [0.25, 0.3) is 0 Å². The van der Waals surface area contributed by atoms with Crippen molar-refractivity contribution in [2.45, 2.75) is 27.7 Å². The van der Waals surface area contributed by atoms with E-state index in [0.29, 0.717) is 22.8 Å². The lowest BCUT2D eigenvalue weighted by molar-refractivity contribution is -0.137. The van der Waals surface area contributed by atoms with Crippen LogP contribution in [-0.4, -0.2) is 11.8 Å². The average molecular weight is 260 g/mol. The van der Waals surface area contributed by atoms with Gasteiger partial charge in [0.05, 0.1) is 11.5 Å². The number of allylic oxidation sites excluding steroid dienone is 2. The van der Waals surface area contributed by atoms with Crippen molar-refractivity contribution in [3.05, 3.63) is 35.1 Å². The molecule has 0 radical (unpaired) electrons.